The summed E-state index contributed by atoms with van der Waals surface area (Å²) in [6.07, 6.45) is 2.97. The topological polar surface area (TPSA) is 112 Å². The Hall–Kier alpha value is -4.44. The third kappa shape index (κ3) is 4.38. The normalized spacial score (nSPS) is 12.2. The maximum atomic E-state index is 13.9. The standard InChI is InChI=1S/C25H19F2N5O3/c26-17-6-4-14(5-7-17)19(8-9-33)30-24(34)21-13-32-22(29-21)11-20(31-25(32)35)16-10-15-2-1-3-18(27)23(15)28-12-16/h1-7,10-13,19,33H,8-9H2,(H,30,34)(H,31,35). The van der Waals surface area contributed by atoms with Gasteiger partial charge in [-0.2, -0.15) is 0 Å². The third-order valence-electron chi connectivity index (χ3n) is 5.67. The molecule has 1 amide bonds. The Kier molecular flexibility index (Phi) is 5.79. The Morgan fingerprint density at radius 2 is 1.94 bits per heavy atom. The highest BCUT2D eigenvalue weighted by molar-refractivity contribution is 5.93. The van der Waals surface area contributed by atoms with Crippen LogP contribution in [-0.2, 0) is 0 Å². The number of rotatable bonds is 6. The van der Waals surface area contributed by atoms with Crippen LogP contribution in [0.4, 0.5) is 8.78 Å². The number of nitrogens with one attached hydrogen (secondary N) is 2. The summed E-state index contributed by atoms with van der Waals surface area (Å²) >= 11 is 0. The van der Waals surface area contributed by atoms with E-state index in [1.165, 1.54) is 47.1 Å². The Labute approximate surface area is 196 Å². The summed E-state index contributed by atoms with van der Waals surface area (Å²) in [6.45, 7) is -0.194. The highest BCUT2D eigenvalue weighted by atomic mass is 19.1. The Balaban J connectivity index is 1.46. The van der Waals surface area contributed by atoms with Gasteiger partial charge in [-0.25, -0.2) is 18.6 Å². The number of hydrogen-bond donors (Lipinski definition) is 3. The maximum absolute atomic E-state index is 13.9. The Morgan fingerprint density at radius 3 is 2.71 bits per heavy atom. The molecule has 0 saturated carbocycles. The summed E-state index contributed by atoms with van der Waals surface area (Å²) in [5.74, 6) is -1.41. The van der Waals surface area contributed by atoms with Crippen LogP contribution in [0.25, 0.3) is 27.8 Å². The minimum absolute atomic E-state index is 0.00332. The minimum atomic E-state index is -0.573. The van der Waals surface area contributed by atoms with Gasteiger partial charge in [0.25, 0.3) is 5.91 Å². The van der Waals surface area contributed by atoms with Gasteiger partial charge in [-0.3, -0.25) is 14.2 Å². The Morgan fingerprint density at radius 1 is 1.14 bits per heavy atom. The van der Waals surface area contributed by atoms with Gasteiger partial charge in [0, 0.05) is 36.0 Å². The summed E-state index contributed by atoms with van der Waals surface area (Å²) in [6, 6.07) is 12.9. The first-order valence-corrected chi connectivity index (χ1v) is 10.8. The second kappa shape index (κ2) is 9.07. The fourth-order valence-corrected chi connectivity index (χ4v) is 3.91. The number of nitrogens with zero attached hydrogens (tertiary/aromatic N) is 3. The van der Waals surface area contributed by atoms with E-state index in [4.69, 9.17) is 0 Å². The number of aromatic amines is 1. The number of pyridine rings is 1. The molecule has 2 aromatic carbocycles. The first kappa shape index (κ1) is 22.4. The van der Waals surface area contributed by atoms with Crippen LogP contribution >= 0.6 is 0 Å². The van der Waals surface area contributed by atoms with E-state index in [9.17, 15) is 23.5 Å². The zero-order valence-corrected chi connectivity index (χ0v) is 18.2. The van der Waals surface area contributed by atoms with E-state index in [-0.39, 0.29) is 29.9 Å². The number of aliphatic hydroxyl groups is 1. The largest absolute Gasteiger partial charge is 0.396 e. The molecule has 0 aliphatic rings. The molecule has 5 aromatic rings. The van der Waals surface area contributed by atoms with E-state index in [1.807, 2.05) is 0 Å². The number of H-pyrrole nitrogens is 1. The summed E-state index contributed by atoms with van der Waals surface area (Å²) in [5.41, 5.74) is 1.51. The SMILES string of the molecule is O=C(NC(CCO)c1ccc(F)cc1)c1cn2c(=O)[nH]c(-c3cnc4c(F)cccc4c3)cc2n1. The predicted molar refractivity (Wildman–Crippen MR) is 125 cm³/mol. The second-order valence-corrected chi connectivity index (χ2v) is 7.97. The maximum Gasteiger partial charge on any atom is 0.331 e. The van der Waals surface area contributed by atoms with Crippen molar-refractivity contribution in [2.24, 2.45) is 0 Å². The minimum Gasteiger partial charge on any atom is -0.396 e. The molecule has 0 saturated heterocycles. The van der Waals surface area contributed by atoms with Crippen LogP contribution in [0.2, 0.25) is 0 Å². The molecule has 1 atom stereocenters. The van der Waals surface area contributed by atoms with Crippen LogP contribution in [0.15, 0.2) is 71.8 Å². The highest BCUT2D eigenvalue weighted by Gasteiger charge is 2.19. The number of aliphatic hydroxyl groups excluding tert-OH is 1. The molecule has 8 nitrogen and oxygen atoms in total. The monoisotopic (exact) mass is 475 g/mol. The molecule has 35 heavy (non-hydrogen) atoms. The van der Waals surface area contributed by atoms with Gasteiger partial charge in [-0.1, -0.05) is 24.3 Å². The van der Waals surface area contributed by atoms with Crippen molar-refractivity contribution in [1.82, 2.24) is 24.7 Å². The summed E-state index contributed by atoms with van der Waals surface area (Å²) in [7, 11) is 0. The van der Waals surface area contributed by atoms with Crippen LogP contribution in [-0.4, -0.2) is 37.0 Å². The van der Waals surface area contributed by atoms with Crippen molar-refractivity contribution in [3.63, 3.8) is 0 Å². The van der Waals surface area contributed by atoms with Crippen LogP contribution < -0.4 is 11.0 Å². The number of imidazole rings is 1. The van der Waals surface area contributed by atoms with E-state index in [0.717, 1.165) is 0 Å². The van der Waals surface area contributed by atoms with Gasteiger partial charge in [0.05, 0.1) is 11.7 Å². The number of fused-ring (bicyclic) bond motifs is 2. The lowest BCUT2D eigenvalue weighted by molar-refractivity contribution is 0.0925. The number of carbonyl (C=O) groups excluding carboxylic acids is 1. The van der Waals surface area contributed by atoms with E-state index < -0.39 is 29.3 Å². The molecular formula is C25H19F2N5O3. The van der Waals surface area contributed by atoms with Crippen molar-refractivity contribution in [2.45, 2.75) is 12.5 Å². The molecule has 10 heteroatoms. The number of halogens is 2. The fraction of sp³-hybridized carbons (Fsp3) is 0.120. The van der Waals surface area contributed by atoms with Crippen molar-refractivity contribution >= 4 is 22.5 Å². The lowest BCUT2D eigenvalue weighted by Crippen LogP contribution is -2.29. The molecular weight excluding hydrogens is 456 g/mol. The number of hydrogen-bond acceptors (Lipinski definition) is 5. The van der Waals surface area contributed by atoms with Gasteiger partial charge >= 0.3 is 5.69 Å². The quantitative estimate of drug-likeness (QED) is 0.349. The first-order chi connectivity index (χ1) is 16.9. The van der Waals surface area contributed by atoms with E-state index >= 15 is 0 Å². The molecule has 0 spiro atoms. The summed E-state index contributed by atoms with van der Waals surface area (Å²) in [5, 5.41) is 12.7. The molecule has 3 aromatic heterocycles. The predicted octanol–water partition coefficient (Wildman–Crippen LogP) is 3.37. The van der Waals surface area contributed by atoms with Crippen molar-refractivity contribution in [1.29, 1.82) is 0 Å². The van der Waals surface area contributed by atoms with Crippen molar-refractivity contribution in [2.75, 3.05) is 6.61 Å². The number of para-hydroxylation sites is 1. The lowest BCUT2D eigenvalue weighted by atomic mass is 10.0. The van der Waals surface area contributed by atoms with Gasteiger partial charge in [0.15, 0.2) is 0 Å². The highest BCUT2D eigenvalue weighted by Crippen LogP contribution is 2.23. The van der Waals surface area contributed by atoms with Crippen LogP contribution in [0.1, 0.15) is 28.5 Å². The molecule has 0 aliphatic heterocycles. The van der Waals surface area contributed by atoms with Gasteiger partial charge in [-0.05, 0) is 36.2 Å². The summed E-state index contributed by atoms with van der Waals surface area (Å²) in [4.78, 5) is 36.7. The molecule has 0 fully saturated rings. The van der Waals surface area contributed by atoms with E-state index in [1.54, 1.807) is 24.3 Å². The van der Waals surface area contributed by atoms with Crippen molar-refractivity contribution in [3.8, 4) is 11.3 Å². The Bertz CT molecular complexity index is 1610. The van der Waals surface area contributed by atoms with E-state index in [0.29, 0.717) is 22.2 Å². The smallest absolute Gasteiger partial charge is 0.331 e. The summed E-state index contributed by atoms with van der Waals surface area (Å²) < 4.78 is 28.4. The molecule has 0 bridgehead atoms. The third-order valence-corrected chi connectivity index (χ3v) is 5.67. The molecule has 3 heterocycles. The average molecular weight is 475 g/mol. The molecule has 0 aliphatic carbocycles. The number of amides is 1. The van der Waals surface area contributed by atoms with Gasteiger partial charge in [-0.15, -0.1) is 0 Å². The molecule has 5 rings (SSSR count). The lowest BCUT2D eigenvalue weighted by Gasteiger charge is -2.17. The number of carbonyl (C=O) groups is 1. The molecule has 176 valence electrons. The molecule has 3 N–H and O–H groups in total. The van der Waals surface area contributed by atoms with Gasteiger partial charge in [0.2, 0.25) is 0 Å². The van der Waals surface area contributed by atoms with Crippen LogP contribution in [0.3, 0.4) is 0 Å². The zero-order chi connectivity index (χ0) is 24.5. The molecule has 0 radical (unpaired) electrons. The first-order valence-electron chi connectivity index (χ1n) is 10.8. The average Bonchev–Trinajstić information content (AvgIpc) is 3.29. The molecule has 1 unspecified atom stereocenters. The fourth-order valence-electron chi connectivity index (χ4n) is 3.91. The van der Waals surface area contributed by atoms with E-state index in [2.05, 4.69) is 20.3 Å². The van der Waals surface area contributed by atoms with Gasteiger partial charge < -0.3 is 15.4 Å². The number of aromatic nitrogens is 4. The van der Waals surface area contributed by atoms with Crippen LogP contribution in [0, 0.1) is 11.6 Å². The van der Waals surface area contributed by atoms with Crippen LogP contribution in [0.5, 0.6) is 0 Å². The second-order valence-electron chi connectivity index (χ2n) is 7.97. The van der Waals surface area contributed by atoms with Crippen molar-refractivity contribution < 1.29 is 18.7 Å². The zero-order valence-electron chi connectivity index (χ0n) is 18.2. The van der Waals surface area contributed by atoms with Crippen molar-refractivity contribution in [3.05, 3.63) is 100 Å². The number of benzene rings is 2. The van der Waals surface area contributed by atoms with Gasteiger partial charge in [0.1, 0.15) is 28.5 Å².